The molecule has 5 aliphatic rings. The first kappa shape index (κ1) is 49.6. The zero-order valence-corrected chi connectivity index (χ0v) is 39.6. The highest BCUT2D eigenvalue weighted by molar-refractivity contribution is 6.00. The maximum Gasteiger partial charge on any atom is 0.329 e. The summed E-state index contributed by atoms with van der Waals surface area (Å²) in [5.41, 5.74) is 0.491. The molecule has 0 unspecified atom stereocenters. The third-order valence-corrected chi connectivity index (χ3v) is 15.0. The highest BCUT2D eigenvalue weighted by Gasteiger charge is 2.54. The molecule has 0 spiro atoms. The number of carbonyl (C=O) groups is 5. The molecule has 6 rings (SSSR count). The fraction of sp³-hybridized carbons (Fsp3) is 0.776. The molecule has 4 saturated carbocycles. The second-order valence-corrected chi connectivity index (χ2v) is 20.1. The number of likely N-dealkylation sites (tertiary alicyclic amines) is 1. The molecular weight excluding hydrogens is 787 g/mol. The second kappa shape index (κ2) is 22.0. The second-order valence-electron chi connectivity index (χ2n) is 20.1. The minimum atomic E-state index is -0.870. The average molecular weight is 866 g/mol. The van der Waals surface area contributed by atoms with Gasteiger partial charge in [-0.15, -0.1) is 0 Å². The maximum absolute atomic E-state index is 14.5. The Morgan fingerprint density at radius 3 is 1.98 bits per heavy atom. The Labute approximate surface area is 371 Å². The third-order valence-electron chi connectivity index (χ3n) is 15.0. The molecule has 9 atom stereocenters. The predicted octanol–water partition coefficient (Wildman–Crippen LogP) is 5.53. The quantitative estimate of drug-likeness (QED) is 0.127. The van der Waals surface area contributed by atoms with E-state index in [0.29, 0.717) is 37.1 Å². The van der Waals surface area contributed by atoms with E-state index in [4.69, 9.17) is 14.2 Å². The van der Waals surface area contributed by atoms with Crippen molar-refractivity contribution in [1.29, 1.82) is 0 Å². The molecular formula is C49H79N5O8. The lowest BCUT2D eigenvalue weighted by atomic mass is 9.54. The molecule has 1 heterocycles. The van der Waals surface area contributed by atoms with Crippen molar-refractivity contribution < 1.29 is 38.2 Å². The molecule has 5 fully saturated rings. The topological polar surface area (TPSA) is 156 Å². The van der Waals surface area contributed by atoms with Gasteiger partial charge in [-0.05, 0) is 107 Å². The lowest BCUT2D eigenvalue weighted by Gasteiger charge is -2.55. The van der Waals surface area contributed by atoms with Crippen molar-refractivity contribution in [2.75, 3.05) is 34.9 Å². The summed E-state index contributed by atoms with van der Waals surface area (Å²) in [5, 5.41) is 8.77. The SMILES string of the molecule is CC[C@H](C)[C@@H]([C@@H](CC(=O)N1CCC[C@H]1[C@H](OC)[C@@H](C)C(=O)N[C@@H](Cc1ccccc1)C(=O)OC12CC3CC(CC(C3)C1)C2)OC)N(C)[C@H](C(=O)NC(=O)[C@@H](NC)C(C)C)C(C)C. The molecule has 0 aromatic heterocycles. The first-order valence-electron chi connectivity index (χ1n) is 23.6. The molecule has 13 nitrogen and oxygen atoms in total. The van der Waals surface area contributed by atoms with Gasteiger partial charge in [-0.3, -0.25) is 29.4 Å². The van der Waals surface area contributed by atoms with Crippen LogP contribution >= 0.6 is 0 Å². The van der Waals surface area contributed by atoms with E-state index in [1.807, 2.05) is 81.8 Å². The van der Waals surface area contributed by atoms with Crippen molar-refractivity contribution in [3.63, 3.8) is 0 Å². The summed E-state index contributed by atoms with van der Waals surface area (Å²) in [6, 6.07) is 6.95. The van der Waals surface area contributed by atoms with E-state index in [0.717, 1.165) is 37.7 Å². The number of carbonyl (C=O) groups excluding carboxylic acids is 5. The summed E-state index contributed by atoms with van der Waals surface area (Å²) in [6.45, 7) is 14.3. The molecule has 62 heavy (non-hydrogen) atoms. The van der Waals surface area contributed by atoms with Crippen molar-refractivity contribution in [3.05, 3.63) is 35.9 Å². The summed E-state index contributed by atoms with van der Waals surface area (Å²) < 4.78 is 18.7. The van der Waals surface area contributed by atoms with Gasteiger partial charge < -0.3 is 29.7 Å². The Balaban J connectivity index is 1.29. The number of imide groups is 1. The molecule has 13 heteroatoms. The lowest BCUT2D eigenvalue weighted by molar-refractivity contribution is -0.189. The van der Waals surface area contributed by atoms with Gasteiger partial charge in [0.05, 0.1) is 42.7 Å². The smallest absolute Gasteiger partial charge is 0.329 e. The van der Waals surface area contributed by atoms with Crippen LogP contribution in [0.1, 0.15) is 118 Å². The van der Waals surface area contributed by atoms with E-state index in [2.05, 4.69) is 29.8 Å². The molecule has 1 saturated heterocycles. The average Bonchev–Trinajstić information content (AvgIpc) is 3.69. The van der Waals surface area contributed by atoms with Crippen LogP contribution in [0.25, 0.3) is 0 Å². The lowest BCUT2D eigenvalue weighted by Crippen LogP contribution is -2.60. The number of esters is 1. The van der Waals surface area contributed by atoms with Crippen LogP contribution in [0.15, 0.2) is 30.3 Å². The number of nitrogens with one attached hydrogen (secondary N) is 3. The summed E-state index contributed by atoms with van der Waals surface area (Å²) in [4.78, 5) is 73.8. The Morgan fingerprint density at radius 1 is 0.855 bits per heavy atom. The highest BCUT2D eigenvalue weighted by atomic mass is 16.6. The fourth-order valence-corrected chi connectivity index (χ4v) is 12.2. The normalized spacial score (nSPS) is 27.0. The van der Waals surface area contributed by atoms with Gasteiger partial charge in [-0.25, -0.2) is 4.79 Å². The van der Waals surface area contributed by atoms with Crippen molar-refractivity contribution >= 4 is 29.6 Å². The number of nitrogens with zero attached hydrogens (tertiary/aromatic N) is 2. The number of likely N-dealkylation sites (N-methyl/N-ethyl adjacent to an activating group) is 2. The maximum atomic E-state index is 14.5. The minimum Gasteiger partial charge on any atom is -0.458 e. The monoisotopic (exact) mass is 866 g/mol. The Morgan fingerprint density at radius 2 is 1.47 bits per heavy atom. The number of ether oxygens (including phenoxy) is 3. The van der Waals surface area contributed by atoms with Crippen molar-refractivity contribution in [2.45, 2.75) is 167 Å². The van der Waals surface area contributed by atoms with Gasteiger partial charge >= 0.3 is 5.97 Å². The van der Waals surface area contributed by atoms with Crippen molar-refractivity contribution in [2.24, 2.45) is 41.4 Å². The number of rotatable bonds is 22. The molecule has 1 aromatic rings. The van der Waals surface area contributed by atoms with Crippen molar-refractivity contribution in [3.8, 4) is 0 Å². The molecule has 3 N–H and O–H groups in total. The molecule has 0 radical (unpaired) electrons. The van der Waals surface area contributed by atoms with E-state index in [9.17, 15) is 24.0 Å². The highest BCUT2D eigenvalue weighted by Crippen LogP contribution is 2.57. The van der Waals surface area contributed by atoms with Crippen LogP contribution in [0.2, 0.25) is 0 Å². The largest absolute Gasteiger partial charge is 0.458 e. The third kappa shape index (κ3) is 11.6. The Kier molecular flexibility index (Phi) is 17.6. The fourth-order valence-electron chi connectivity index (χ4n) is 12.2. The van der Waals surface area contributed by atoms with Crippen LogP contribution in [-0.4, -0.2) is 122 Å². The molecule has 1 aromatic carbocycles. The van der Waals surface area contributed by atoms with Gasteiger partial charge in [-0.2, -0.15) is 0 Å². The van der Waals surface area contributed by atoms with Crippen LogP contribution in [0.5, 0.6) is 0 Å². The molecule has 4 bridgehead atoms. The summed E-state index contributed by atoms with van der Waals surface area (Å²) in [5.74, 6) is -0.561. The number of amides is 4. The zero-order chi connectivity index (χ0) is 45.5. The number of methoxy groups -OCH3 is 2. The van der Waals surface area contributed by atoms with Crippen LogP contribution in [0.4, 0.5) is 0 Å². The summed E-state index contributed by atoms with van der Waals surface area (Å²) >= 11 is 0. The van der Waals surface area contributed by atoms with Crippen LogP contribution in [-0.2, 0) is 44.6 Å². The summed E-state index contributed by atoms with van der Waals surface area (Å²) in [7, 11) is 6.76. The van der Waals surface area contributed by atoms with Gasteiger partial charge in [0.15, 0.2) is 0 Å². The van der Waals surface area contributed by atoms with E-state index >= 15 is 0 Å². The number of hydrogen-bond donors (Lipinski definition) is 3. The van der Waals surface area contributed by atoms with Gasteiger partial charge in [0.1, 0.15) is 11.6 Å². The molecule has 348 valence electrons. The van der Waals surface area contributed by atoms with Crippen molar-refractivity contribution in [1.82, 2.24) is 25.8 Å². The van der Waals surface area contributed by atoms with E-state index in [1.54, 1.807) is 21.3 Å². The van der Waals surface area contributed by atoms with E-state index in [1.165, 1.54) is 19.3 Å². The first-order chi connectivity index (χ1) is 29.5. The van der Waals surface area contributed by atoms with E-state index in [-0.39, 0.29) is 65.9 Å². The van der Waals surface area contributed by atoms with Gasteiger partial charge in [-0.1, -0.05) is 85.2 Å². The number of hydrogen-bond acceptors (Lipinski definition) is 10. The van der Waals surface area contributed by atoms with Crippen LogP contribution < -0.4 is 16.0 Å². The first-order valence-corrected chi connectivity index (χ1v) is 23.6. The number of benzene rings is 1. The minimum absolute atomic E-state index is 0.0135. The molecule has 4 amide bonds. The summed E-state index contributed by atoms with van der Waals surface area (Å²) in [6.07, 6.45) is 7.76. The van der Waals surface area contributed by atoms with Crippen LogP contribution in [0, 0.1) is 41.4 Å². The van der Waals surface area contributed by atoms with Crippen LogP contribution in [0.3, 0.4) is 0 Å². The Bertz CT molecular complexity index is 1640. The molecule has 4 aliphatic carbocycles. The zero-order valence-electron chi connectivity index (χ0n) is 39.6. The van der Waals surface area contributed by atoms with Gasteiger partial charge in [0, 0.05) is 33.2 Å². The van der Waals surface area contributed by atoms with Gasteiger partial charge in [0.2, 0.25) is 23.6 Å². The predicted molar refractivity (Wildman–Crippen MR) is 240 cm³/mol. The van der Waals surface area contributed by atoms with Gasteiger partial charge in [0.25, 0.3) is 0 Å². The standard InChI is InChI=1S/C49H79N5O8/c1-12-31(6)43(53(9)42(30(4)5)47(58)52-46(57)41(50-8)29(2)3)39(60-10)25-40(55)54-20-16-19-38(54)44(61-11)32(7)45(56)51-37(24-33-17-14-13-15-18-33)48(59)62-49-26-34-21-35(27-49)23-36(22-34)28-49/h13-15,17-18,29-32,34-39,41-44,50H,12,16,19-28H2,1-11H3,(H,51,56)(H,52,57,58)/t31-,32+,34?,35?,36?,37-,38-,39+,41-,42-,43-,44+,49?/m0/s1. The molecule has 1 aliphatic heterocycles. The Hall–Kier alpha value is -3.39. The van der Waals surface area contributed by atoms with E-state index < -0.39 is 41.9 Å².